The zero-order valence-corrected chi connectivity index (χ0v) is 11.7. The summed E-state index contributed by atoms with van der Waals surface area (Å²) in [4.78, 5) is 0. The van der Waals surface area contributed by atoms with Crippen LogP contribution in [0.5, 0.6) is 5.75 Å². The van der Waals surface area contributed by atoms with Crippen LogP contribution in [-0.4, -0.2) is 7.11 Å². The summed E-state index contributed by atoms with van der Waals surface area (Å²) < 4.78 is 5.55. The summed E-state index contributed by atoms with van der Waals surface area (Å²) in [6, 6.07) is 18.4. The van der Waals surface area contributed by atoms with Gasteiger partial charge in [-0.2, -0.15) is 0 Å². The van der Waals surface area contributed by atoms with Gasteiger partial charge in [0.2, 0.25) is 0 Å². The maximum Gasteiger partial charge on any atom is 0.127 e. The molecule has 0 aliphatic carbocycles. The molecule has 0 saturated heterocycles. The highest BCUT2D eigenvalue weighted by Gasteiger charge is 2.12. The lowest BCUT2D eigenvalue weighted by Crippen LogP contribution is -1.94. The van der Waals surface area contributed by atoms with Gasteiger partial charge in [0.05, 0.1) is 7.11 Å². The van der Waals surface area contributed by atoms with Gasteiger partial charge < -0.3 is 10.5 Å². The Morgan fingerprint density at radius 1 is 0.950 bits per heavy atom. The largest absolute Gasteiger partial charge is 0.496 e. The first-order valence-corrected chi connectivity index (χ1v) is 6.63. The van der Waals surface area contributed by atoms with Crippen LogP contribution in [0.4, 0.5) is 5.69 Å². The van der Waals surface area contributed by atoms with Crippen molar-refractivity contribution in [2.24, 2.45) is 0 Å². The Morgan fingerprint density at radius 3 is 2.45 bits per heavy atom. The minimum Gasteiger partial charge on any atom is -0.496 e. The molecule has 0 saturated carbocycles. The van der Waals surface area contributed by atoms with Crippen LogP contribution in [0.15, 0.2) is 54.6 Å². The lowest BCUT2D eigenvalue weighted by Gasteiger charge is -2.14. The number of hydrogen-bond acceptors (Lipinski definition) is 2. The highest BCUT2D eigenvalue weighted by Crippen LogP contribution is 2.39. The predicted molar refractivity (Wildman–Crippen MR) is 85.1 cm³/mol. The second-order valence-electron chi connectivity index (χ2n) is 4.95. The van der Waals surface area contributed by atoms with Crippen molar-refractivity contribution in [2.75, 3.05) is 12.8 Å². The van der Waals surface area contributed by atoms with Gasteiger partial charge in [-0.05, 0) is 29.8 Å². The van der Waals surface area contributed by atoms with E-state index in [9.17, 15) is 0 Å². The van der Waals surface area contributed by atoms with Crippen molar-refractivity contribution < 1.29 is 4.74 Å². The predicted octanol–water partition coefficient (Wildman–Crippen LogP) is 4.41. The number of nitrogen functional groups attached to an aromatic ring is 1. The Hall–Kier alpha value is -2.48. The lowest BCUT2D eigenvalue weighted by molar-refractivity contribution is 0.417. The van der Waals surface area contributed by atoms with Gasteiger partial charge in [-0.25, -0.2) is 0 Å². The average molecular weight is 263 g/mol. The summed E-state index contributed by atoms with van der Waals surface area (Å²) in [5.41, 5.74) is 10.2. The Balaban J connectivity index is 2.43. The van der Waals surface area contributed by atoms with Gasteiger partial charge in [0.25, 0.3) is 0 Å². The van der Waals surface area contributed by atoms with Crippen molar-refractivity contribution in [3.8, 4) is 16.9 Å². The molecule has 100 valence electrons. The third kappa shape index (κ3) is 1.99. The topological polar surface area (TPSA) is 35.2 Å². The fourth-order valence-corrected chi connectivity index (χ4v) is 2.59. The molecule has 3 rings (SSSR count). The second kappa shape index (κ2) is 4.89. The number of nitrogens with two attached hydrogens (primary N) is 1. The van der Waals surface area contributed by atoms with E-state index in [0.29, 0.717) is 0 Å². The molecule has 2 N–H and O–H groups in total. The number of methoxy groups -OCH3 is 1. The molecule has 0 aliphatic rings. The van der Waals surface area contributed by atoms with Gasteiger partial charge >= 0.3 is 0 Å². The Morgan fingerprint density at radius 2 is 1.70 bits per heavy atom. The van der Waals surface area contributed by atoms with Gasteiger partial charge in [-0.3, -0.25) is 0 Å². The van der Waals surface area contributed by atoms with Crippen LogP contribution in [0, 0.1) is 6.92 Å². The van der Waals surface area contributed by atoms with Crippen molar-refractivity contribution in [2.45, 2.75) is 6.92 Å². The number of hydrogen-bond donors (Lipinski definition) is 1. The highest BCUT2D eigenvalue weighted by atomic mass is 16.5. The fourth-order valence-electron chi connectivity index (χ4n) is 2.59. The number of benzene rings is 3. The molecule has 2 nitrogen and oxygen atoms in total. The molecule has 0 atom stereocenters. The normalized spacial score (nSPS) is 10.7. The molecule has 0 bridgehead atoms. The molecule has 3 aromatic rings. The Bertz CT molecular complexity index is 777. The van der Waals surface area contributed by atoms with Gasteiger partial charge in [-0.1, -0.05) is 48.0 Å². The van der Waals surface area contributed by atoms with Crippen LogP contribution < -0.4 is 10.5 Å². The summed E-state index contributed by atoms with van der Waals surface area (Å²) in [5.74, 6) is 0.848. The molecule has 3 aromatic carbocycles. The smallest absolute Gasteiger partial charge is 0.127 e. The molecule has 0 aromatic heterocycles. The van der Waals surface area contributed by atoms with Gasteiger partial charge in [-0.15, -0.1) is 0 Å². The first-order chi connectivity index (χ1) is 9.70. The van der Waals surface area contributed by atoms with Crippen LogP contribution in [-0.2, 0) is 0 Å². The lowest BCUT2D eigenvalue weighted by atomic mass is 9.95. The molecule has 0 fully saturated rings. The first-order valence-electron chi connectivity index (χ1n) is 6.63. The van der Waals surface area contributed by atoms with Gasteiger partial charge in [0, 0.05) is 16.8 Å². The van der Waals surface area contributed by atoms with E-state index in [1.54, 1.807) is 7.11 Å². The van der Waals surface area contributed by atoms with E-state index in [1.165, 1.54) is 16.3 Å². The van der Waals surface area contributed by atoms with Crippen LogP contribution >= 0.6 is 0 Å². The minimum absolute atomic E-state index is 0.764. The Kier molecular flexibility index (Phi) is 3.07. The molecule has 20 heavy (non-hydrogen) atoms. The third-order valence-corrected chi connectivity index (χ3v) is 3.59. The maximum atomic E-state index is 6.15. The first kappa shape index (κ1) is 12.5. The molecule has 2 heteroatoms. The Labute approximate surface area is 118 Å². The third-order valence-electron chi connectivity index (χ3n) is 3.59. The van der Waals surface area contributed by atoms with E-state index in [1.807, 2.05) is 30.3 Å². The van der Waals surface area contributed by atoms with E-state index < -0.39 is 0 Å². The standard InChI is InChI=1S/C18H17NO/c1-12-7-8-13-9-10-17(20-2)18(15(13)11-12)14-5-3-4-6-16(14)19/h3-11H,19H2,1-2H3. The summed E-state index contributed by atoms with van der Waals surface area (Å²) in [6.07, 6.45) is 0. The number of aryl methyl sites for hydroxylation is 1. The SMILES string of the molecule is COc1ccc2ccc(C)cc2c1-c1ccccc1N. The molecular formula is C18H17NO. The zero-order chi connectivity index (χ0) is 14.1. The zero-order valence-electron chi connectivity index (χ0n) is 11.7. The average Bonchev–Trinajstić information content (AvgIpc) is 2.47. The molecule has 0 radical (unpaired) electrons. The highest BCUT2D eigenvalue weighted by molar-refractivity contribution is 6.02. The maximum absolute atomic E-state index is 6.15. The quantitative estimate of drug-likeness (QED) is 0.695. The second-order valence-corrected chi connectivity index (χ2v) is 4.95. The van der Waals surface area contributed by atoms with Crippen LogP contribution in [0.25, 0.3) is 21.9 Å². The van der Waals surface area contributed by atoms with E-state index >= 15 is 0 Å². The van der Waals surface area contributed by atoms with Crippen molar-refractivity contribution in [3.63, 3.8) is 0 Å². The fraction of sp³-hybridized carbons (Fsp3) is 0.111. The van der Waals surface area contributed by atoms with E-state index in [-0.39, 0.29) is 0 Å². The number of rotatable bonds is 2. The van der Waals surface area contributed by atoms with Crippen LogP contribution in [0.1, 0.15) is 5.56 Å². The van der Waals surface area contributed by atoms with Crippen molar-refractivity contribution in [1.29, 1.82) is 0 Å². The van der Waals surface area contributed by atoms with Crippen LogP contribution in [0.3, 0.4) is 0 Å². The summed E-state index contributed by atoms with van der Waals surface area (Å²) in [5, 5.41) is 2.36. The number of fused-ring (bicyclic) bond motifs is 1. The minimum atomic E-state index is 0.764. The summed E-state index contributed by atoms with van der Waals surface area (Å²) >= 11 is 0. The van der Waals surface area contributed by atoms with Gasteiger partial charge in [0.1, 0.15) is 5.75 Å². The number of ether oxygens (including phenoxy) is 1. The van der Waals surface area contributed by atoms with E-state index in [4.69, 9.17) is 10.5 Å². The van der Waals surface area contributed by atoms with Crippen molar-refractivity contribution in [3.05, 3.63) is 60.2 Å². The molecule has 0 aliphatic heterocycles. The van der Waals surface area contributed by atoms with Crippen LogP contribution in [0.2, 0.25) is 0 Å². The molecular weight excluding hydrogens is 246 g/mol. The van der Waals surface area contributed by atoms with Gasteiger partial charge in [0.15, 0.2) is 0 Å². The summed E-state index contributed by atoms with van der Waals surface area (Å²) in [7, 11) is 1.69. The molecule has 0 heterocycles. The van der Waals surface area contributed by atoms with E-state index in [2.05, 4.69) is 31.2 Å². The molecule has 0 unspecified atom stereocenters. The summed E-state index contributed by atoms with van der Waals surface area (Å²) in [6.45, 7) is 2.09. The molecule has 0 amide bonds. The van der Waals surface area contributed by atoms with E-state index in [0.717, 1.165) is 22.6 Å². The number of para-hydroxylation sites is 1. The van der Waals surface area contributed by atoms with Crippen molar-refractivity contribution in [1.82, 2.24) is 0 Å². The monoisotopic (exact) mass is 263 g/mol. The molecule has 0 spiro atoms. The number of anilines is 1. The van der Waals surface area contributed by atoms with Crippen molar-refractivity contribution >= 4 is 16.5 Å².